The van der Waals surface area contributed by atoms with Crippen LogP contribution >= 0.6 is 11.3 Å². The normalized spacial score (nSPS) is 10.8. The Morgan fingerprint density at radius 3 is 2.24 bits per heavy atom. The molecule has 0 aliphatic carbocycles. The fourth-order valence-corrected chi connectivity index (χ4v) is 4.06. The standard InChI is InChI=1S/C28H27N5O4S/c1-19-7-11-22(12-8-19)36-15-16-37-23-13-9-21(10-14-23)18-29-31-25(34)17-26-32-33-28(38-26)30-27(35)24-6-4-3-5-20(24)2/h3-14,18H,15-17H2,1-2H3,(H,31,34)(H,30,33,35)/b29-18+. The van der Waals surface area contributed by atoms with E-state index in [1.54, 1.807) is 12.1 Å². The van der Waals surface area contributed by atoms with Crippen LogP contribution in [0.25, 0.3) is 0 Å². The molecule has 0 radical (unpaired) electrons. The predicted molar refractivity (Wildman–Crippen MR) is 147 cm³/mol. The molecular formula is C28H27N5O4S. The van der Waals surface area contributed by atoms with Gasteiger partial charge in [-0.15, -0.1) is 10.2 Å². The molecule has 0 saturated heterocycles. The molecule has 9 nitrogen and oxygen atoms in total. The van der Waals surface area contributed by atoms with Crippen molar-refractivity contribution in [2.24, 2.45) is 5.10 Å². The quantitative estimate of drug-likeness (QED) is 0.167. The summed E-state index contributed by atoms with van der Waals surface area (Å²) in [5.41, 5.74) is 5.87. The summed E-state index contributed by atoms with van der Waals surface area (Å²) >= 11 is 1.14. The summed E-state index contributed by atoms with van der Waals surface area (Å²) in [5.74, 6) is 0.902. The molecule has 0 bridgehead atoms. The van der Waals surface area contributed by atoms with E-state index in [2.05, 4.69) is 26.0 Å². The molecule has 1 heterocycles. The van der Waals surface area contributed by atoms with Crippen LogP contribution in [-0.4, -0.2) is 41.4 Å². The number of aromatic nitrogens is 2. The molecule has 0 unspecified atom stereocenters. The molecule has 0 aliphatic heterocycles. The van der Waals surface area contributed by atoms with Gasteiger partial charge in [0.1, 0.15) is 29.7 Å². The highest BCUT2D eigenvalue weighted by Gasteiger charge is 2.13. The van der Waals surface area contributed by atoms with Gasteiger partial charge in [0, 0.05) is 5.56 Å². The highest BCUT2D eigenvalue weighted by atomic mass is 32.1. The van der Waals surface area contributed by atoms with Crippen molar-refractivity contribution in [3.63, 3.8) is 0 Å². The van der Waals surface area contributed by atoms with Crippen molar-refractivity contribution in [1.82, 2.24) is 15.6 Å². The largest absolute Gasteiger partial charge is 0.490 e. The maximum absolute atomic E-state index is 12.4. The molecule has 0 fully saturated rings. The van der Waals surface area contributed by atoms with E-state index in [0.717, 1.165) is 28.2 Å². The number of anilines is 1. The Hall–Kier alpha value is -4.57. The third-order valence-corrected chi connectivity index (χ3v) is 6.15. The zero-order valence-electron chi connectivity index (χ0n) is 21.0. The summed E-state index contributed by atoms with van der Waals surface area (Å²) in [4.78, 5) is 24.6. The smallest absolute Gasteiger partial charge is 0.257 e. The number of hydrogen-bond acceptors (Lipinski definition) is 8. The molecule has 0 saturated carbocycles. The number of nitrogens with one attached hydrogen (secondary N) is 2. The van der Waals surface area contributed by atoms with E-state index in [1.807, 2.05) is 74.5 Å². The highest BCUT2D eigenvalue weighted by Crippen LogP contribution is 2.18. The van der Waals surface area contributed by atoms with E-state index < -0.39 is 0 Å². The predicted octanol–water partition coefficient (Wildman–Crippen LogP) is 4.56. The van der Waals surface area contributed by atoms with Crippen LogP contribution in [0.1, 0.15) is 32.1 Å². The number of ether oxygens (including phenoxy) is 2. The molecule has 0 spiro atoms. The van der Waals surface area contributed by atoms with E-state index in [0.29, 0.717) is 34.7 Å². The number of benzene rings is 3. The second-order valence-corrected chi connectivity index (χ2v) is 9.38. The molecule has 2 amide bonds. The molecule has 38 heavy (non-hydrogen) atoms. The molecule has 0 atom stereocenters. The number of carbonyl (C=O) groups is 2. The maximum atomic E-state index is 12.4. The lowest BCUT2D eigenvalue weighted by Gasteiger charge is -2.08. The number of aryl methyl sites for hydroxylation is 2. The minimum Gasteiger partial charge on any atom is -0.490 e. The van der Waals surface area contributed by atoms with Crippen molar-refractivity contribution in [3.05, 3.63) is 100 Å². The topological polar surface area (TPSA) is 115 Å². The van der Waals surface area contributed by atoms with Gasteiger partial charge in [-0.25, -0.2) is 5.43 Å². The van der Waals surface area contributed by atoms with Crippen LogP contribution in [-0.2, 0) is 11.2 Å². The number of rotatable bonds is 11. The van der Waals surface area contributed by atoms with Gasteiger partial charge < -0.3 is 9.47 Å². The second kappa shape index (κ2) is 13.1. The van der Waals surface area contributed by atoms with Crippen LogP contribution in [0.5, 0.6) is 11.5 Å². The molecule has 0 aliphatic rings. The molecule has 10 heteroatoms. The average molecular weight is 530 g/mol. The van der Waals surface area contributed by atoms with Crippen molar-refractivity contribution < 1.29 is 19.1 Å². The number of hydrogen-bond donors (Lipinski definition) is 2. The zero-order valence-corrected chi connectivity index (χ0v) is 21.8. The van der Waals surface area contributed by atoms with Crippen molar-refractivity contribution in [2.75, 3.05) is 18.5 Å². The first-order valence-corrected chi connectivity index (χ1v) is 12.7. The Kier molecular flexibility index (Phi) is 9.14. The summed E-state index contributed by atoms with van der Waals surface area (Å²) < 4.78 is 11.3. The van der Waals surface area contributed by atoms with E-state index in [-0.39, 0.29) is 18.2 Å². The van der Waals surface area contributed by atoms with Gasteiger partial charge in [0.25, 0.3) is 5.91 Å². The Bertz CT molecular complexity index is 1400. The zero-order chi connectivity index (χ0) is 26.7. The lowest BCUT2D eigenvalue weighted by molar-refractivity contribution is -0.120. The Morgan fingerprint density at radius 1 is 0.895 bits per heavy atom. The van der Waals surface area contributed by atoms with Gasteiger partial charge >= 0.3 is 0 Å². The van der Waals surface area contributed by atoms with Crippen LogP contribution in [0.15, 0.2) is 77.9 Å². The highest BCUT2D eigenvalue weighted by molar-refractivity contribution is 7.15. The summed E-state index contributed by atoms with van der Waals surface area (Å²) in [6, 6.07) is 22.4. The van der Waals surface area contributed by atoms with Crippen molar-refractivity contribution in [3.8, 4) is 11.5 Å². The van der Waals surface area contributed by atoms with E-state index in [1.165, 1.54) is 11.8 Å². The molecule has 2 N–H and O–H groups in total. The third kappa shape index (κ3) is 7.97. The Morgan fingerprint density at radius 2 is 1.55 bits per heavy atom. The summed E-state index contributed by atoms with van der Waals surface area (Å²) in [7, 11) is 0. The number of carbonyl (C=O) groups excluding carboxylic acids is 2. The van der Waals surface area contributed by atoms with Gasteiger partial charge in [0.05, 0.1) is 12.6 Å². The average Bonchev–Trinajstić information content (AvgIpc) is 3.35. The number of amides is 2. The monoisotopic (exact) mass is 529 g/mol. The van der Waals surface area contributed by atoms with Gasteiger partial charge in [-0.1, -0.05) is 47.2 Å². The van der Waals surface area contributed by atoms with Crippen LogP contribution in [0.4, 0.5) is 5.13 Å². The Balaban J connectivity index is 1.17. The fraction of sp³-hybridized carbons (Fsp3) is 0.179. The van der Waals surface area contributed by atoms with E-state index in [9.17, 15) is 9.59 Å². The van der Waals surface area contributed by atoms with Gasteiger partial charge in [0.2, 0.25) is 11.0 Å². The SMILES string of the molecule is Cc1ccc(OCCOc2ccc(/C=N/NC(=O)Cc3nnc(NC(=O)c4ccccc4C)s3)cc2)cc1. The van der Waals surface area contributed by atoms with Gasteiger partial charge in [-0.05, 0) is 67.4 Å². The van der Waals surface area contributed by atoms with Crippen molar-refractivity contribution in [2.45, 2.75) is 20.3 Å². The molecular weight excluding hydrogens is 502 g/mol. The fourth-order valence-electron chi connectivity index (χ4n) is 3.33. The molecule has 4 rings (SSSR count). The Labute approximate surface area is 224 Å². The van der Waals surface area contributed by atoms with Crippen LogP contribution in [0.2, 0.25) is 0 Å². The minimum absolute atomic E-state index is 0.00726. The summed E-state index contributed by atoms with van der Waals surface area (Å²) in [5, 5.41) is 15.4. The molecule has 3 aromatic carbocycles. The van der Waals surface area contributed by atoms with Crippen LogP contribution in [0.3, 0.4) is 0 Å². The lowest BCUT2D eigenvalue weighted by Crippen LogP contribution is -2.19. The van der Waals surface area contributed by atoms with Crippen LogP contribution < -0.4 is 20.2 Å². The molecule has 4 aromatic rings. The minimum atomic E-state index is -0.345. The number of nitrogens with zero attached hydrogens (tertiary/aromatic N) is 3. The molecule has 194 valence electrons. The lowest BCUT2D eigenvalue weighted by atomic mass is 10.1. The summed E-state index contributed by atoms with van der Waals surface area (Å²) in [6.45, 7) is 4.74. The molecule has 1 aromatic heterocycles. The first kappa shape index (κ1) is 26.5. The van der Waals surface area contributed by atoms with E-state index >= 15 is 0 Å². The number of hydrazone groups is 1. The summed E-state index contributed by atoms with van der Waals surface area (Å²) in [6.07, 6.45) is 1.53. The first-order valence-electron chi connectivity index (χ1n) is 11.9. The van der Waals surface area contributed by atoms with Gasteiger partial charge in [-0.2, -0.15) is 5.10 Å². The van der Waals surface area contributed by atoms with Crippen molar-refractivity contribution >= 4 is 34.5 Å². The maximum Gasteiger partial charge on any atom is 0.257 e. The third-order valence-electron chi connectivity index (χ3n) is 5.31. The first-order chi connectivity index (χ1) is 18.5. The second-order valence-electron chi connectivity index (χ2n) is 8.32. The van der Waals surface area contributed by atoms with Gasteiger partial charge in [0.15, 0.2) is 0 Å². The van der Waals surface area contributed by atoms with Crippen molar-refractivity contribution in [1.29, 1.82) is 0 Å². The van der Waals surface area contributed by atoms with Crippen LogP contribution in [0, 0.1) is 13.8 Å². The van der Waals surface area contributed by atoms with E-state index in [4.69, 9.17) is 9.47 Å². The van der Waals surface area contributed by atoms with Gasteiger partial charge in [-0.3, -0.25) is 14.9 Å².